The van der Waals surface area contributed by atoms with Crippen LogP contribution in [0.1, 0.15) is 30.7 Å². The first kappa shape index (κ1) is 14.3. The summed E-state index contributed by atoms with van der Waals surface area (Å²) in [6.07, 6.45) is 2.97. The summed E-state index contributed by atoms with van der Waals surface area (Å²) in [5, 5.41) is 15.8. The van der Waals surface area contributed by atoms with E-state index in [0.717, 1.165) is 18.4 Å². The highest BCUT2D eigenvalue weighted by atomic mass is 16.3. The number of para-hydroxylation sites is 1. The Bertz CT molecular complexity index is 870. The van der Waals surface area contributed by atoms with Crippen molar-refractivity contribution in [2.24, 2.45) is 0 Å². The molecule has 4 atom stereocenters. The van der Waals surface area contributed by atoms with Crippen LogP contribution < -0.4 is 5.32 Å². The van der Waals surface area contributed by atoms with Gasteiger partial charge in [0.1, 0.15) is 0 Å². The average Bonchev–Trinajstić information content (AvgIpc) is 3.21. The van der Waals surface area contributed by atoms with Gasteiger partial charge in [-0.2, -0.15) is 0 Å². The molecular formula is C21H22N2O. The molecule has 0 aliphatic carbocycles. The minimum atomic E-state index is -0.314. The minimum Gasteiger partial charge on any atom is -0.391 e. The van der Waals surface area contributed by atoms with Gasteiger partial charge in [-0.25, -0.2) is 0 Å². The molecule has 5 rings (SSSR count). The SMILES string of the molecule is OC1C2CCC(CC1c1c(-c3ccccc3)[nH]c3ccccc13)N2. The molecule has 2 saturated heterocycles. The fraction of sp³-hybridized carbons (Fsp3) is 0.333. The van der Waals surface area contributed by atoms with Crippen LogP contribution in [0.2, 0.25) is 0 Å². The van der Waals surface area contributed by atoms with Crippen molar-refractivity contribution >= 4 is 10.9 Å². The summed E-state index contributed by atoms with van der Waals surface area (Å²) in [6.45, 7) is 0. The maximum absolute atomic E-state index is 11.0. The molecule has 24 heavy (non-hydrogen) atoms. The second-order valence-electron chi connectivity index (χ2n) is 7.21. The molecule has 0 radical (unpaired) electrons. The molecule has 2 bridgehead atoms. The molecule has 3 N–H and O–H groups in total. The van der Waals surface area contributed by atoms with E-state index in [2.05, 4.69) is 58.8 Å². The Kier molecular flexibility index (Phi) is 3.25. The predicted octanol–water partition coefficient (Wildman–Crippen LogP) is 3.80. The first-order chi connectivity index (χ1) is 11.8. The van der Waals surface area contributed by atoms with Crippen molar-refractivity contribution in [3.8, 4) is 11.3 Å². The molecular weight excluding hydrogens is 296 g/mol. The van der Waals surface area contributed by atoms with Crippen LogP contribution in [-0.4, -0.2) is 28.3 Å². The fourth-order valence-corrected chi connectivity index (χ4v) is 4.70. The van der Waals surface area contributed by atoms with E-state index in [-0.39, 0.29) is 18.1 Å². The second kappa shape index (κ2) is 5.47. The van der Waals surface area contributed by atoms with E-state index >= 15 is 0 Å². The molecule has 4 unspecified atom stereocenters. The number of aliphatic hydroxyl groups is 1. The van der Waals surface area contributed by atoms with Gasteiger partial charge < -0.3 is 15.4 Å². The quantitative estimate of drug-likeness (QED) is 0.673. The van der Waals surface area contributed by atoms with Gasteiger partial charge in [0.05, 0.1) is 11.8 Å². The van der Waals surface area contributed by atoms with Crippen molar-refractivity contribution in [1.82, 2.24) is 10.3 Å². The van der Waals surface area contributed by atoms with Gasteiger partial charge in [0.15, 0.2) is 0 Å². The van der Waals surface area contributed by atoms with E-state index in [1.807, 2.05) is 6.07 Å². The van der Waals surface area contributed by atoms with Crippen LogP contribution in [0.15, 0.2) is 54.6 Å². The van der Waals surface area contributed by atoms with Crippen LogP contribution in [0, 0.1) is 0 Å². The lowest BCUT2D eigenvalue weighted by atomic mass is 9.81. The monoisotopic (exact) mass is 318 g/mol. The smallest absolute Gasteiger partial charge is 0.0763 e. The van der Waals surface area contributed by atoms with Gasteiger partial charge >= 0.3 is 0 Å². The minimum absolute atomic E-state index is 0.190. The number of nitrogens with one attached hydrogen (secondary N) is 2. The molecule has 0 spiro atoms. The molecule has 2 aliphatic rings. The molecule has 0 saturated carbocycles. The molecule has 0 amide bonds. The van der Waals surface area contributed by atoms with Crippen LogP contribution in [0.25, 0.3) is 22.2 Å². The topological polar surface area (TPSA) is 48.0 Å². The van der Waals surface area contributed by atoms with Crippen LogP contribution in [0.3, 0.4) is 0 Å². The summed E-state index contributed by atoms with van der Waals surface area (Å²) < 4.78 is 0. The van der Waals surface area contributed by atoms with Crippen molar-refractivity contribution in [2.75, 3.05) is 0 Å². The highest BCUT2D eigenvalue weighted by molar-refractivity contribution is 5.91. The first-order valence-electron chi connectivity index (χ1n) is 8.91. The van der Waals surface area contributed by atoms with E-state index in [9.17, 15) is 5.11 Å². The number of hydrogen-bond acceptors (Lipinski definition) is 2. The third-order valence-corrected chi connectivity index (χ3v) is 5.82. The summed E-state index contributed by atoms with van der Waals surface area (Å²) in [5.74, 6) is 0.190. The number of hydrogen-bond donors (Lipinski definition) is 3. The number of H-pyrrole nitrogens is 1. The van der Waals surface area contributed by atoms with Gasteiger partial charge in [0, 0.05) is 28.9 Å². The van der Waals surface area contributed by atoms with E-state index in [1.165, 1.54) is 28.6 Å². The summed E-state index contributed by atoms with van der Waals surface area (Å²) in [7, 11) is 0. The fourth-order valence-electron chi connectivity index (χ4n) is 4.70. The van der Waals surface area contributed by atoms with Crippen molar-refractivity contribution in [2.45, 2.75) is 43.4 Å². The van der Waals surface area contributed by atoms with Crippen molar-refractivity contribution < 1.29 is 5.11 Å². The third-order valence-electron chi connectivity index (χ3n) is 5.82. The standard InChI is InChI=1S/C21H22N2O/c24-21-16(12-14-10-11-18(21)22-14)19-15-8-4-5-9-17(15)23-20(19)13-6-2-1-3-7-13/h1-9,14,16,18,21-24H,10-12H2. The molecule has 3 aromatic rings. The predicted molar refractivity (Wildman–Crippen MR) is 97.0 cm³/mol. The first-order valence-corrected chi connectivity index (χ1v) is 8.91. The zero-order valence-corrected chi connectivity index (χ0v) is 13.6. The van der Waals surface area contributed by atoms with Crippen LogP contribution in [0.4, 0.5) is 0 Å². The average molecular weight is 318 g/mol. The Labute approximate surface area is 141 Å². The van der Waals surface area contributed by atoms with Crippen molar-refractivity contribution in [3.05, 3.63) is 60.2 Å². The molecule has 3 nitrogen and oxygen atoms in total. The highest BCUT2D eigenvalue weighted by Gasteiger charge is 2.42. The molecule has 2 aromatic carbocycles. The Balaban J connectivity index is 1.72. The maximum Gasteiger partial charge on any atom is 0.0763 e. The van der Waals surface area contributed by atoms with Crippen LogP contribution in [-0.2, 0) is 0 Å². The Morgan fingerprint density at radius 3 is 2.58 bits per heavy atom. The van der Waals surface area contributed by atoms with E-state index < -0.39 is 0 Å². The summed E-state index contributed by atoms with van der Waals surface area (Å²) >= 11 is 0. The lowest BCUT2D eigenvalue weighted by Gasteiger charge is -2.35. The number of fused-ring (bicyclic) bond motifs is 3. The number of piperidine rings is 1. The van der Waals surface area contributed by atoms with Gasteiger partial charge in [-0.15, -0.1) is 0 Å². The van der Waals surface area contributed by atoms with Crippen molar-refractivity contribution in [1.29, 1.82) is 0 Å². The summed E-state index contributed by atoms with van der Waals surface area (Å²) in [4.78, 5) is 3.62. The largest absolute Gasteiger partial charge is 0.391 e. The maximum atomic E-state index is 11.0. The highest BCUT2D eigenvalue weighted by Crippen LogP contribution is 2.44. The third kappa shape index (κ3) is 2.12. The molecule has 3 heteroatoms. The van der Waals surface area contributed by atoms with Gasteiger partial charge in [-0.1, -0.05) is 48.5 Å². The second-order valence-corrected chi connectivity index (χ2v) is 7.21. The number of aromatic nitrogens is 1. The van der Waals surface area contributed by atoms with Crippen LogP contribution >= 0.6 is 0 Å². The lowest BCUT2D eigenvalue weighted by molar-refractivity contribution is 0.0813. The Morgan fingerprint density at radius 2 is 1.71 bits per heavy atom. The van der Waals surface area contributed by atoms with E-state index in [0.29, 0.717) is 6.04 Å². The Hall–Kier alpha value is -2.10. The van der Waals surface area contributed by atoms with Crippen LogP contribution in [0.5, 0.6) is 0 Å². The van der Waals surface area contributed by atoms with Gasteiger partial charge in [-0.3, -0.25) is 0 Å². The zero-order valence-electron chi connectivity index (χ0n) is 13.6. The van der Waals surface area contributed by atoms with E-state index in [1.54, 1.807) is 0 Å². The van der Waals surface area contributed by atoms with E-state index in [4.69, 9.17) is 0 Å². The molecule has 2 aliphatic heterocycles. The lowest BCUT2D eigenvalue weighted by Crippen LogP contribution is -2.47. The number of rotatable bonds is 2. The summed E-state index contributed by atoms with van der Waals surface area (Å²) in [6, 6.07) is 19.8. The molecule has 122 valence electrons. The molecule has 3 heterocycles. The number of benzene rings is 2. The summed E-state index contributed by atoms with van der Waals surface area (Å²) in [5.41, 5.74) is 4.82. The van der Waals surface area contributed by atoms with Gasteiger partial charge in [0.2, 0.25) is 0 Å². The zero-order chi connectivity index (χ0) is 16.1. The van der Waals surface area contributed by atoms with Gasteiger partial charge in [-0.05, 0) is 36.5 Å². The molecule has 1 aromatic heterocycles. The number of aliphatic hydroxyl groups excluding tert-OH is 1. The number of aromatic amines is 1. The van der Waals surface area contributed by atoms with Gasteiger partial charge in [0.25, 0.3) is 0 Å². The molecule has 2 fully saturated rings. The normalized spacial score (nSPS) is 29.2. The Morgan fingerprint density at radius 1 is 0.917 bits per heavy atom. The van der Waals surface area contributed by atoms with Crippen molar-refractivity contribution in [3.63, 3.8) is 0 Å².